The Morgan fingerprint density at radius 3 is 2.62 bits per heavy atom. The van der Waals surface area contributed by atoms with Crippen molar-refractivity contribution in [2.24, 2.45) is 46.3 Å². The first-order valence-corrected chi connectivity index (χ1v) is 15.0. The molecule has 5 fully saturated rings. The molecule has 3 saturated carbocycles. The highest BCUT2D eigenvalue weighted by Crippen LogP contribution is 2.70. The summed E-state index contributed by atoms with van der Waals surface area (Å²) in [5.74, 6) is 2.08. The lowest BCUT2D eigenvalue weighted by Gasteiger charge is -2.58. The number of carboxylic acids is 1. The van der Waals surface area contributed by atoms with Crippen LogP contribution in [-0.4, -0.2) is 41.6 Å². The fourth-order valence-corrected chi connectivity index (χ4v) is 10.2. The first-order valence-electron chi connectivity index (χ1n) is 15.0. The quantitative estimate of drug-likeness (QED) is 0.359. The highest BCUT2D eigenvalue weighted by molar-refractivity contribution is 5.76. The van der Waals surface area contributed by atoms with E-state index >= 15 is 0 Å². The van der Waals surface area contributed by atoms with Crippen molar-refractivity contribution in [3.63, 3.8) is 0 Å². The van der Waals surface area contributed by atoms with Gasteiger partial charge < -0.3 is 19.3 Å². The van der Waals surface area contributed by atoms with Crippen molar-refractivity contribution >= 4 is 11.9 Å². The zero-order chi connectivity index (χ0) is 26.2. The molecule has 1 spiro atoms. The lowest BCUT2D eigenvalue weighted by Crippen LogP contribution is -2.52. The van der Waals surface area contributed by atoms with Crippen molar-refractivity contribution in [3.8, 4) is 0 Å². The molecule has 0 aromatic carbocycles. The average molecular weight is 515 g/mol. The largest absolute Gasteiger partial charge is 0.481 e. The minimum absolute atomic E-state index is 0.0404. The molecule has 0 amide bonds. The maximum Gasteiger partial charge on any atom is 0.306 e. The number of fused-ring (bicyclic) bond motifs is 7. The van der Waals surface area contributed by atoms with E-state index < -0.39 is 5.97 Å². The Morgan fingerprint density at radius 2 is 1.89 bits per heavy atom. The van der Waals surface area contributed by atoms with E-state index in [0.29, 0.717) is 47.0 Å². The molecule has 37 heavy (non-hydrogen) atoms. The minimum atomic E-state index is -0.953. The van der Waals surface area contributed by atoms with E-state index in [2.05, 4.69) is 33.8 Å². The molecule has 0 radical (unpaired) electrons. The first-order chi connectivity index (χ1) is 17.6. The van der Waals surface area contributed by atoms with Crippen LogP contribution in [-0.2, 0) is 23.8 Å². The second kappa shape index (κ2) is 9.08. The van der Waals surface area contributed by atoms with Crippen molar-refractivity contribution in [2.45, 2.75) is 116 Å². The van der Waals surface area contributed by atoms with E-state index in [1.165, 1.54) is 31.3 Å². The predicted molar refractivity (Wildman–Crippen MR) is 138 cm³/mol. The van der Waals surface area contributed by atoms with Crippen molar-refractivity contribution in [1.29, 1.82) is 0 Å². The molecule has 2 saturated heterocycles. The van der Waals surface area contributed by atoms with Crippen LogP contribution >= 0.6 is 0 Å². The van der Waals surface area contributed by atoms with E-state index in [0.717, 1.165) is 38.7 Å². The van der Waals surface area contributed by atoms with Gasteiger partial charge in [-0.2, -0.15) is 0 Å². The Kier molecular flexibility index (Phi) is 6.34. The fraction of sp³-hybridized carbons (Fsp3) is 0.871. The summed E-state index contributed by atoms with van der Waals surface area (Å²) in [6.07, 6.45) is 12.4. The molecule has 2 heterocycles. The Morgan fingerprint density at radius 1 is 1.08 bits per heavy atom. The van der Waals surface area contributed by atoms with Crippen LogP contribution < -0.4 is 0 Å². The van der Waals surface area contributed by atoms with Gasteiger partial charge in [0.1, 0.15) is 6.10 Å². The number of carbonyl (C=O) groups is 2. The van der Waals surface area contributed by atoms with E-state index in [9.17, 15) is 9.59 Å². The smallest absolute Gasteiger partial charge is 0.306 e. The zero-order valence-corrected chi connectivity index (χ0v) is 23.2. The molecule has 0 aromatic rings. The van der Waals surface area contributed by atoms with Gasteiger partial charge in [-0.3, -0.25) is 9.59 Å². The second-order valence-electron chi connectivity index (χ2n) is 14.0. The second-order valence-corrected chi connectivity index (χ2v) is 14.0. The maximum absolute atomic E-state index is 12.2. The van der Waals surface area contributed by atoms with Gasteiger partial charge in [0.25, 0.3) is 0 Å². The molecule has 206 valence electrons. The molecule has 6 nitrogen and oxygen atoms in total. The summed E-state index contributed by atoms with van der Waals surface area (Å²) >= 11 is 0. The van der Waals surface area contributed by atoms with E-state index in [-0.39, 0.29) is 36.1 Å². The predicted octanol–water partition coefficient (Wildman–Crippen LogP) is 6.13. The van der Waals surface area contributed by atoms with Crippen LogP contribution in [0.25, 0.3) is 0 Å². The zero-order valence-electron chi connectivity index (χ0n) is 23.2. The lowest BCUT2D eigenvalue weighted by atomic mass is 9.47. The Balaban J connectivity index is 1.16. The number of rotatable bonds is 4. The Hall–Kier alpha value is -1.40. The third kappa shape index (κ3) is 4.02. The Bertz CT molecular complexity index is 965. The summed E-state index contributed by atoms with van der Waals surface area (Å²) in [5, 5.41) is 8.86. The van der Waals surface area contributed by atoms with Gasteiger partial charge in [0.2, 0.25) is 0 Å². The SMILES string of the molecule is C[C@@H]1CC[C@@]2(OC1)O[C@@H]1C[C@@H]3[C@@H]4CC=C5C[C@H](OC(=O)CCC(=O)O)CC[C@]5(C)[C@H]4CC[C@]3(C)[C@H]1[C@@H]2C. The third-order valence-corrected chi connectivity index (χ3v) is 12.2. The van der Waals surface area contributed by atoms with E-state index in [1.807, 2.05) is 0 Å². The number of carbonyl (C=O) groups excluding carboxylic acids is 1. The molecule has 2 aliphatic heterocycles. The van der Waals surface area contributed by atoms with Crippen molar-refractivity contribution < 1.29 is 28.9 Å². The van der Waals surface area contributed by atoms with E-state index in [4.69, 9.17) is 19.3 Å². The number of esters is 1. The van der Waals surface area contributed by atoms with Crippen LogP contribution in [0, 0.1) is 46.3 Å². The molecule has 1 N–H and O–H groups in total. The van der Waals surface area contributed by atoms with Crippen molar-refractivity contribution in [2.75, 3.05) is 6.61 Å². The van der Waals surface area contributed by atoms with Crippen LogP contribution in [0.4, 0.5) is 0 Å². The summed E-state index contributed by atoms with van der Waals surface area (Å²) in [5.41, 5.74) is 1.98. The molecule has 11 atom stereocenters. The van der Waals surface area contributed by atoms with Gasteiger partial charge in [-0.1, -0.05) is 39.3 Å². The summed E-state index contributed by atoms with van der Waals surface area (Å²) < 4.78 is 19.1. The fourth-order valence-electron chi connectivity index (χ4n) is 10.2. The van der Waals surface area contributed by atoms with Crippen LogP contribution in [0.3, 0.4) is 0 Å². The van der Waals surface area contributed by atoms with Gasteiger partial charge in [0.15, 0.2) is 5.79 Å². The van der Waals surface area contributed by atoms with Gasteiger partial charge in [-0.25, -0.2) is 0 Å². The number of hydrogen-bond acceptors (Lipinski definition) is 5. The average Bonchev–Trinajstić information content (AvgIpc) is 3.30. The molecule has 0 aromatic heterocycles. The van der Waals surface area contributed by atoms with Crippen LogP contribution in [0.2, 0.25) is 0 Å². The first kappa shape index (κ1) is 25.9. The molecule has 0 unspecified atom stereocenters. The van der Waals surface area contributed by atoms with Gasteiger partial charge >= 0.3 is 11.9 Å². The van der Waals surface area contributed by atoms with Gasteiger partial charge in [0.05, 0.1) is 25.6 Å². The molecular formula is C31H46O6. The third-order valence-electron chi connectivity index (χ3n) is 12.2. The molecule has 6 rings (SSSR count). The summed E-state index contributed by atoms with van der Waals surface area (Å²) in [4.78, 5) is 23.0. The number of hydrogen-bond donors (Lipinski definition) is 1. The van der Waals surface area contributed by atoms with Gasteiger partial charge in [-0.15, -0.1) is 0 Å². The van der Waals surface area contributed by atoms with Crippen LogP contribution in [0.1, 0.15) is 98.3 Å². The van der Waals surface area contributed by atoms with Crippen molar-refractivity contribution in [1.82, 2.24) is 0 Å². The van der Waals surface area contributed by atoms with Gasteiger partial charge in [0, 0.05) is 18.8 Å². The maximum atomic E-state index is 12.2. The molecule has 0 bridgehead atoms. The summed E-state index contributed by atoms with van der Waals surface area (Å²) in [6.45, 7) is 10.6. The standard InChI is InChI=1S/C31H46O6/c1-18-9-14-31(35-17-18)19(2)28-25(37-31)16-24-22-6-5-20-15-21(36-27(34)8-7-26(32)33)10-12-29(20,3)23(22)11-13-30(24,28)4/h5,18-19,21-25,28H,6-17H2,1-4H3,(H,32,33)/t18-,19+,21-,22-,23+,24-,25-,28+,29+,30+,31-/m1/s1. The highest BCUT2D eigenvalue weighted by atomic mass is 16.7. The molecule has 6 aliphatic rings. The van der Waals surface area contributed by atoms with Gasteiger partial charge in [-0.05, 0) is 85.4 Å². The van der Waals surface area contributed by atoms with Crippen molar-refractivity contribution in [3.05, 3.63) is 11.6 Å². The van der Waals surface area contributed by atoms with Crippen LogP contribution in [0.15, 0.2) is 11.6 Å². The summed E-state index contributed by atoms with van der Waals surface area (Å²) in [7, 11) is 0. The molecule has 6 heteroatoms. The summed E-state index contributed by atoms with van der Waals surface area (Å²) in [6, 6.07) is 0. The Labute approximate surface area is 221 Å². The number of aliphatic carboxylic acids is 1. The van der Waals surface area contributed by atoms with Crippen LogP contribution in [0.5, 0.6) is 0 Å². The molecule has 4 aliphatic carbocycles. The monoisotopic (exact) mass is 514 g/mol. The van der Waals surface area contributed by atoms with E-state index in [1.54, 1.807) is 0 Å². The number of ether oxygens (including phenoxy) is 3. The lowest BCUT2D eigenvalue weighted by molar-refractivity contribution is -0.272. The number of allylic oxidation sites excluding steroid dienone is 1. The normalized spacial score (nSPS) is 50.4. The molecular weight excluding hydrogens is 468 g/mol. The highest BCUT2D eigenvalue weighted by Gasteiger charge is 2.68. The minimum Gasteiger partial charge on any atom is -0.481 e. The number of carboxylic acid groups (broad SMARTS) is 1. The topological polar surface area (TPSA) is 82.1 Å².